The molecular formula is C61H63N3O+2. The molecule has 4 aromatic heterocycles. The van der Waals surface area contributed by atoms with E-state index in [1.165, 1.54) is 116 Å². The van der Waals surface area contributed by atoms with E-state index in [4.69, 9.17) is 16.0 Å². The number of nitrogens with zero attached hydrogens (tertiary/aromatic N) is 3. The number of rotatable bonds is 5. The van der Waals surface area contributed by atoms with E-state index in [0.717, 1.165) is 46.3 Å². The number of furan rings is 1. The second-order valence-electron chi connectivity index (χ2n) is 20.4. The minimum Gasteiger partial charge on any atom is -0.437 e. The standard InChI is InChI=1S/C61H63N3O/c1-35(2)45-25-26-46(42-16-12-10-13-17-42)56(36(3)4)59(45)52-28-27-49-48-24-21-44-22-29-53-57(50-30-37(5)20-23-47(50)54-31-38(6)40(8)33-64(53)54)41(9)63-34-51(43-18-14-11-15-19-43)39(7)32-55(63)58(44)60(48)65-61(49)62-52/h10,12-13,16-17,20-21,23-28,30-36,43,53,57H,9,11,14-15,18-19,22,29H2,1-8H3/q+2. The molecule has 2 atom stereocenters. The molecule has 1 fully saturated rings. The van der Waals surface area contributed by atoms with Gasteiger partial charge in [-0.3, -0.25) is 0 Å². The second kappa shape index (κ2) is 16.1. The third-order valence-corrected chi connectivity index (χ3v) is 15.6. The van der Waals surface area contributed by atoms with Gasteiger partial charge < -0.3 is 4.42 Å². The van der Waals surface area contributed by atoms with Gasteiger partial charge in [0, 0.05) is 46.0 Å². The molecule has 4 nitrogen and oxygen atoms in total. The number of benzene rings is 4. The van der Waals surface area contributed by atoms with Crippen LogP contribution in [0.5, 0.6) is 0 Å². The maximum atomic E-state index is 7.26. The van der Waals surface area contributed by atoms with Gasteiger partial charge in [0.05, 0.1) is 16.8 Å². The average Bonchev–Trinajstić information content (AvgIpc) is 3.70. The maximum absolute atomic E-state index is 7.26. The van der Waals surface area contributed by atoms with Crippen LogP contribution in [0.4, 0.5) is 0 Å². The Labute approximate surface area is 385 Å². The molecule has 6 heterocycles. The van der Waals surface area contributed by atoms with Crippen molar-refractivity contribution >= 4 is 27.8 Å². The fourth-order valence-electron chi connectivity index (χ4n) is 12.2. The average molecular weight is 854 g/mol. The molecule has 0 N–H and O–H groups in total. The molecule has 2 aliphatic heterocycles. The third kappa shape index (κ3) is 6.81. The number of aromatic nitrogens is 3. The molecule has 0 bridgehead atoms. The third-order valence-electron chi connectivity index (χ3n) is 15.6. The van der Waals surface area contributed by atoms with E-state index >= 15 is 0 Å². The van der Waals surface area contributed by atoms with E-state index in [1.54, 1.807) is 0 Å². The van der Waals surface area contributed by atoms with E-state index in [9.17, 15) is 0 Å². The van der Waals surface area contributed by atoms with Gasteiger partial charge in [-0.25, -0.2) is 4.98 Å². The van der Waals surface area contributed by atoms with Crippen molar-refractivity contribution in [1.82, 2.24) is 4.98 Å². The zero-order valence-corrected chi connectivity index (χ0v) is 39.7. The van der Waals surface area contributed by atoms with Crippen LogP contribution in [0, 0.1) is 27.7 Å². The van der Waals surface area contributed by atoms with Gasteiger partial charge in [0.15, 0.2) is 29.7 Å². The summed E-state index contributed by atoms with van der Waals surface area (Å²) >= 11 is 0. The Morgan fingerprint density at radius 3 is 2.18 bits per heavy atom. The first-order valence-electron chi connectivity index (χ1n) is 24.4. The summed E-state index contributed by atoms with van der Waals surface area (Å²) in [7, 11) is 0. The van der Waals surface area contributed by atoms with Crippen LogP contribution in [0.2, 0.25) is 0 Å². The Balaban J connectivity index is 1.16. The first-order chi connectivity index (χ1) is 31.5. The molecule has 1 aliphatic carbocycles. The lowest BCUT2D eigenvalue weighted by molar-refractivity contribution is -0.720. The Kier molecular flexibility index (Phi) is 10.3. The number of allylic oxidation sites excluding steroid dienone is 1. The molecule has 326 valence electrons. The summed E-state index contributed by atoms with van der Waals surface area (Å²) in [5, 5.41) is 2.16. The number of hydrogen-bond acceptors (Lipinski definition) is 2. The maximum Gasteiger partial charge on any atom is 0.227 e. The molecular weight excluding hydrogens is 791 g/mol. The molecule has 11 rings (SSSR count). The Hall–Kier alpha value is -6.13. The van der Waals surface area contributed by atoms with Crippen molar-refractivity contribution in [2.75, 3.05) is 0 Å². The molecule has 3 aliphatic rings. The van der Waals surface area contributed by atoms with Crippen molar-refractivity contribution in [2.45, 2.75) is 130 Å². The van der Waals surface area contributed by atoms with Crippen LogP contribution in [0.1, 0.15) is 146 Å². The molecule has 4 heteroatoms. The summed E-state index contributed by atoms with van der Waals surface area (Å²) < 4.78 is 12.4. The van der Waals surface area contributed by atoms with Crippen LogP contribution < -0.4 is 9.13 Å². The van der Waals surface area contributed by atoms with Crippen molar-refractivity contribution in [2.24, 2.45) is 0 Å². The molecule has 0 spiro atoms. The van der Waals surface area contributed by atoms with Gasteiger partial charge in [-0.2, -0.15) is 9.13 Å². The SMILES string of the molecule is C=C1C2c3cc(C)ccc3-c3cc(C)c(C)c[n+]3C2CCc2ccc3c(oc4nc(-c5c(C(C)C)ccc(-c6ccccc6)c5C(C)C)ccc43)c2-c2cc(C)c(C3CCCCC3)c[n+]21. The van der Waals surface area contributed by atoms with Crippen LogP contribution >= 0.6 is 0 Å². The summed E-state index contributed by atoms with van der Waals surface area (Å²) in [6, 6.07) is 36.9. The lowest BCUT2D eigenvalue weighted by Gasteiger charge is -2.30. The molecule has 0 saturated heterocycles. The number of pyridine rings is 3. The van der Waals surface area contributed by atoms with Crippen LogP contribution in [-0.4, -0.2) is 4.98 Å². The predicted molar refractivity (Wildman–Crippen MR) is 268 cm³/mol. The number of fused-ring (bicyclic) bond motifs is 13. The highest BCUT2D eigenvalue weighted by Crippen LogP contribution is 2.49. The highest BCUT2D eigenvalue weighted by atomic mass is 16.3. The van der Waals surface area contributed by atoms with Crippen molar-refractivity contribution in [3.63, 3.8) is 0 Å². The van der Waals surface area contributed by atoms with Gasteiger partial charge in [0.25, 0.3) is 0 Å². The molecule has 0 amide bonds. The van der Waals surface area contributed by atoms with E-state index in [-0.39, 0.29) is 17.9 Å². The van der Waals surface area contributed by atoms with Crippen LogP contribution in [-0.2, 0) is 6.42 Å². The van der Waals surface area contributed by atoms with Gasteiger partial charge in [0.2, 0.25) is 17.1 Å². The Bertz CT molecular complexity index is 3210. The van der Waals surface area contributed by atoms with E-state index in [0.29, 0.717) is 17.5 Å². The zero-order valence-electron chi connectivity index (χ0n) is 39.7. The first kappa shape index (κ1) is 41.6. The van der Waals surface area contributed by atoms with E-state index < -0.39 is 0 Å². The molecule has 4 aromatic carbocycles. The summed E-state index contributed by atoms with van der Waals surface area (Å²) in [5.41, 5.74) is 24.5. The monoisotopic (exact) mass is 853 g/mol. The van der Waals surface area contributed by atoms with Gasteiger partial charge in [-0.1, -0.05) is 119 Å². The minimum atomic E-state index is 0.0804. The smallest absolute Gasteiger partial charge is 0.227 e. The normalized spacial score (nSPS) is 17.4. The highest BCUT2D eigenvalue weighted by molar-refractivity contribution is 6.09. The largest absolute Gasteiger partial charge is 0.437 e. The van der Waals surface area contributed by atoms with Crippen molar-refractivity contribution in [1.29, 1.82) is 0 Å². The quantitative estimate of drug-likeness (QED) is 0.162. The highest BCUT2D eigenvalue weighted by Gasteiger charge is 2.47. The van der Waals surface area contributed by atoms with Crippen LogP contribution in [0.25, 0.3) is 72.7 Å². The molecule has 8 aromatic rings. The Morgan fingerprint density at radius 1 is 0.662 bits per heavy atom. The lowest BCUT2D eigenvalue weighted by Crippen LogP contribution is -2.51. The van der Waals surface area contributed by atoms with Crippen LogP contribution in [0.3, 0.4) is 0 Å². The predicted octanol–water partition coefficient (Wildman–Crippen LogP) is 15.5. The van der Waals surface area contributed by atoms with Gasteiger partial charge in [0.1, 0.15) is 5.92 Å². The fourth-order valence-corrected chi connectivity index (χ4v) is 12.2. The van der Waals surface area contributed by atoms with Gasteiger partial charge in [-0.05, 0) is 134 Å². The summed E-state index contributed by atoms with van der Waals surface area (Å²) in [6.45, 7) is 23.5. The van der Waals surface area contributed by atoms with Crippen LogP contribution in [0.15, 0.2) is 120 Å². The van der Waals surface area contributed by atoms with Crippen molar-refractivity contribution in [3.05, 3.63) is 166 Å². The molecule has 1 saturated carbocycles. The van der Waals surface area contributed by atoms with Gasteiger partial charge >= 0.3 is 0 Å². The first-order valence-corrected chi connectivity index (χ1v) is 24.4. The number of hydrogen-bond donors (Lipinski definition) is 0. The lowest BCUT2D eigenvalue weighted by atomic mass is 9.78. The molecule has 2 unspecified atom stereocenters. The molecule has 65 heavy (non-hydrogen) atoms. The fraction of sp³-hybridized carbons (Fsp3) is 0.328. The van der Waals surface area contributed by atoms with Gasteiger partial charge in [-0.15, -0.1) is 0 Å². The van der Waals surface area contributed by atoms with Crippen molar-refractivity contribution in [3.8, 4) is 44.9 Å². The molecule has 0 radical (unpaired) electrons. The number of aryl methyl sites for hydroxylation is 5. The minimum absolute atomic E-state index is 0.0804. The topological polar surface area (TPSA) is 33.8 Å². The summed E-state index contributed by atoms with van der Waals surface area (Å²) in [5.74, 6) is 1.24. The Morgan fingerprint density at radius 2 is 1.42 bits per heavy atom. The summed E-state index contributed by atoms with van der Waals surface area (Å²) in [4.78, 5) is 5.51. The summed E-state index contributed by atoms with van der Waals surface area (Å²) in [6.07, 6.45) is 13.2. The van der Waals surface area contributed by atoms with E-state index in [2.05, 4.69) is 174 Å². The zero-order chi connectivity index (χ0) is 44.8. The van der Waals surface area contributed by atoms with E-state index in [1.807, 2.05) is 0 Å². The van der Waals surface area contributed by atoms with Crippen molar-refractivity contribution < 1.29 is 13.6 Å². The second-order valence-corrected chi connectivity index (χ2v) is 20.4.